The Hall–Kier alpha value is 1.51. The lowest BCUT2D eigenvalue weighted by molar-refractivity contribution is -0.779. The number of rotatable bonds is 3. The summed E-state index contributed by atoms with van der Waals surface area (Å²) >= 11 is 25.8. The maximum Gasteiger partial charge on any atom is 0.567 e. The quantitative estimate of drug-likeness (QED) is 0.554. The zero-order chi connectivity index (χ0) is 12.0. The van der Waals surface area contributed by atoms with Gasteiger partial charge in [-0.05, 0) is 0 Å². The van der Waals surface area contributed by atoms with Crippen LogP contribution in [0, 0.1) is 0 Å². The first-order valence-corrected chi connectivity index (χ1v) is 13.1. The lowest BCUT2D eigenvalue weighted by atomic mass is 11.0. The highest BCUT2D eigenvalue weighted by atomic mass is 35.8. The van der Waals surface area contributed by atoms with Crippen LogP contribution in [0.25, 0.3) is 0 Å². The first-order valence-electron chi connectivity index (χ1n) is 4.14. The summed E-state index contributed by atoms with van der Waals surface area (Å²) in [6.45, 7) is 0. The van der Waals surface area contributed by atoms with Gasteiger partial charge in [0.1, 0.15) is 0 Å². The monoisotopic (exact) mass is 314 g/mol. The minimum absolute atomic E-state index is 0.449. The Labute approximate surface area is 107 Å². The third-order valence-electron chi connectivity index (χ3n) is 2.05. The smallest absolute Gasteiger partial charge is 0.363 e. The van der Waals surface area contributed by atoms with Crippen LogP contribution in [0.5, 0.6) is 0 Å². The number of hydrogen-bond donors (Lipinski definition) is 0. The van der Waals surface area contributed by atoms with Crippen molar-refractivity contribution in [3.05, 3.63) is 0 Å². The summed E-state index contributed by atoms with van der Waals surface area (Å²) in [7, 11) is 11.6. The summed E-state index contributed by atoms with van der Waals surface area (Å²) in [5, 5.41) is 0. The van der Waals surface area contributed by atoms with E-state index in [0.29, 0.717) is 8.30 Å². The molecule has 0 unspecified atom stereocenters. The molecule has 0 aromatic rings. The topological polar surface area (TPSA) is 0 Å². The van der Waals surface area contributed by atoms with Crippen LogP contribution in [-0.2, 0) is 0 Å². The van der Waals surface area contributed by atoms with Crippen LogP contribution >= 0.6 is 44.3 Å². The minimum Gasteiger partial charge on any atom is -0.363 e. The van der Waals surface area contributed by atoms with Gasteiger partial charge in [-0.2, -0.15) is 0 Å². The molecule has 0 aromatic heterocycles. The SMILES string of the molecule is C[N+](C)(C)[Si](Cl)(Cl)[Si](Cl)(Cl)[N+](C)(C)C. The van der Waals surface area contributed by atoms with Gasteiger partial charge in [0.2, 0.25) is 0 Å². The van der Waals surface area contributed by atoms with E-state index in [1.165, 1.54) is 0 Å². The first-order chi connectivity index (χ1) is 5.75. The van der Waals surface area contributed by atoms with Gasteiger partial charge in [-0.25, -0.2) is 0 Å². The summed E-state index contributed by atoms with van der Waals surface area (Å²) in [6.07, 6.45) is -5.49. The number of halogens is 4. The third-order valence-corrected chi connectivity index (χ3v) is 31.8. The second-order valence-corrected chi connectivity index (χ2v) is 25.8. The maximum atomic E-state index is 6.45. The standard InChI is InChI=1S/C6H18Cl4N2Si2/c1-11(2,3)13(7,8)14(9,10)12(4,5)6/h1-6H3/q+2. The van der Waals surface area contributed by atoms with E-state index in [2.05, 4.69) is 0 Å². The fraction of sp³-hybridized carbons (Fsp3) is 1.00. The molecule has 0 amide bonds. The van der Waals surface area contributed by atoms with Crippen molar-refractivity contribution in [2.75, 3.05) is 42.3 Å². The van der Waals surface area contributed by atoms with E-state index in [1.54, 1.807) is 0 Å². The Bertz CT molecular complexity index is 195. The molecule has 0 bridgehead atoms. The molecule has 0 saturated carbocycles. The highest BCUT2D eigenvalue weighted by Gasteiger charge is 2.77. The minimum atomic E-state index is -2.74. The maximum absolute atomic E-state index is 6.45. The summed E-state index contributed by atoms with van der Waals surface area (Å²) in [4.78, 5) is 0. The van der Waals surface area contributed by atoms with Gasteiger partial charge in [-0.15, -0.1) is 0 Å². The lowest BCUT2D eigenvalue weighted by Crippen LogP contribution is -2.76. The molecule has 2 nitrogen and oxygen atoms in total. The molecule has 0 N–H and O–H groups in total. The van der Waals surface area contributed by atoms with Gasteiger partial charge in [0.15, 0.2) is 0 Å². The molecule has 0 atom stereocenters. The average molecular weight is 316 g/mol. The Morgan fingerprint density at radius 3 is 0.786 bits per heavy atom. The van der Waals surface area contributed by atoms with E-state index in [0.717, 1.165) is 0 Å². The van der Waals surface area contributed by atoms with Gasteiger partial charge in [0.25, 0.3) is 0 Å². The van der Waals surface area contributed by atoms with Gasteiger partial charge < -0.3 is 8.30 Å². The summed E-state index contributed by atoms with van der Waals surface area (Å²) in [5.74, 6) is 0. The van der Waals surface area contributed by atoms with Crippen LogP contribution in [0.1, 0.15) is 0 Å². The van der Waals surface area contributed by atoms with Gasteiger partial charge in [0.05, 0.1) is 42.3 Å². The van der Waals surface area contributed by atoms with Crippen LogP contribution < -0.4 is 0 Å². The largest absolute Gasteiger partial charge is 0.567 e. The van der Waals surface area contributed by atoms with E-state index in [4.69, 9.17) is 44.3 Å². The van der Waals surface area contributed by atoms with Crippen molar-refractivity contribution < 1.29 is 8.30 Å². The molecule has 0 aromatic carbocycles. The van der Waals surface area contributed by atoms with E-state index in [9.17, 15) is 0 Å². The summed E-state index contributed by atoms with van der Waals surface area (Å²) in [5.41, 5.74) is 0. The Morgan fingerprint density at radius 1 is 0.571 bits per heavy atom. The molecule has 86 valence electrons. The fourth-order valence-corrected chi connectivity index (χ4v) is 16.4. The molecular formula is C6H18Cl4N2Si2+2. The van der Waals surface area contributed by atoms with Crippen LogP contribution in [0.4, 0.5) is 0 Å². The van der Waals surface area contributed by atoms with E-state index >= 15 is 0 Å². The van der Waals surface area contributed by atoms with Crippen LogP contribution in [0.2, 0.25) is 0 Å². The molecule has 0 rings (SSSR count). The predicted octanol–water partition coefficient (Wildman–Crippen LogP) is 2.31. The van der Waals surface area contributed by atoms with Crippen molar-refractivity contribution in [1.29, 1.82) is 0 Å². The van der Waals surface area contributed by atoms with Gasteiger partial charge in [0, 0.05) is 0 Å². The number of hydrogen-bond acceptors (Lipinski definition) is 0. The highest BCUT2D eigenvalue weighted by Crippen LogP contribution is 2.42. The van der Waals surface area contributed by atoms with Crippen molar-refractivity contribution >= 4 is 57.1 Å². The Morgan fingerprint density at radius 2 is 0.714 bits per heavy atom. The van der Waals surface area contributed by atoms with Crippen molar-refractivity contribution in [1.82, 2.24) is 0 Å². The molecular weight excluding hydrogens is 298 g/mol. The van der Waals surface area contributed by atoms with Crippen LogP contribution in [-0.4, -0.2) is 63.3 Å². The lowest BCUT2D eigenvalue weighted by Gasteiger charge is -2.43. The Kier molecular flexibility index (Phi) is 4.51. The zero-order valence-electron chi connectivity index (χ0n) is 9.41. The molecule has 8 heteroatoms. The molecule has 0 aliphatic heterocycles. The molecule has 0 radical (unpaired) electrons. The Balaban J connectivity index is 5.30. The van der Waals surface area contributed by atoms with E-state index in [-0.39, 0.29) is 0 Å². The highest BCUT2D eigenvalue weighted by molar-refractivity contribution is 7.89. The number of nitrogens with zero attached hydrogens (tertiary/aromatic N) is 2. The molecule has 0 fully saturated rings. The summed E-state index contributed by atoms with van der Waals surface area (Å²) < 4.78 is 0.899. The van der Waals surface area contributed by atoms with Gasteiger partial charge >= 0.3 is 12.7 Å². The molecule has 14 heavy (non-hydrogen) atoms. The summed E-state index contributed by atoms with van der Waals surface area (Å²) in [6, 6.07) is 0. The van der Waals surface area contributed by atoms with Crippen LogP contribution in [0.15, 0.2) is 0 Å². The normalized spacial score (nSPS) is 15.9. The predicted molar refractivity (Wildman–Crippen MR) is 71.0 cm³/mol. The van der Waals surface area contributed by atoms with Crippen LogP contribution in [0.3, 0.4) is 0 Å². The zero-order valence-corrected chi connectivity index (χ0v) is 14.4. The van der Waals surface area contributed by atoms with Crippen molar-refractivity contribution in [3.8, 4) is 0 Å². The average Bonchev–Trinajstić information content (AvgIpc) is 1.81. The second-order valence-electron chi connectivity index (χ2n) is 5.11. The molecule has 0 heterocycles. The van der Waals surface area contributed by atoms with Crippen molar-refractivity contribution in [2.45, 2.75) is 0 Å². The van der Waals surface area contributed by atoms with Gasteiger partial charge in [-0.3, -0.25) is 0 Å². The fourth-order valence-electron chi connectivity index (χ4n) is 0.807. The molecule has 0 aliphatic rings. The van der Waals surface area contributed by atoms with Crippen molar-refractivity contribution in [2.24, 2.45) is 0 Å². The molecule has 0 spiro atoms. The van der Waals surface area contributed by atoms with Gasteiger partial charge in [-0.1, -0.05) is 44.3 Å². The van der Waals surface area contributed by atoms with E-state index in [1.807, 2.05) is 42.3 Å². The van der Waals surface area contributed by atoms with Crippen molar-refractivity contribution in [3.63, 3.8) is 0 Å². The van der Waals surface area contributed by atoms with E-state index < -0.39 is 12.7 Å². The molecule has 0 aliphatic carbocycles. The first kappa shape index (κ1) is 15.5. The third kappa shape index (κ3) is 2.60. The number of quaternary nitrogens is 2. The molecule has 0 saturated heterocycles. The second kappa shape index (κ2) is 4.07.